The number of halogens is 2. The van der Waals surface area contributed by atoms with Crippen LogP contribution >= 0.6 is 15.9 Å². The van der Waals surface area contributed by atoms with E-state index in [1.165, 1.54) is 6.07 Å². The molecule has 1 aliphatic rings. The number of hydrogen-bond donors (Lipinski definition) is 1. The summed E-state index contributed by atoms with van der Waals surface area (Å²) in [6.45, 7) is 4.07. The zero-order valence-corrected chi connectivity index (χ0v) is 12.3. The second kappa shape index (κ2) is 5.02. The van der Waals surface area contributed by atoms with Crippen molar-refractivity contribution in [3.05, 3.63) is 34.1 Å². The maximum Gasteiger partial charge on any atom is 0.246 e. The fourth-order valence-corrected chi connectivity index (χ4v) is 2.37. The number of nitrogens with zero attached hydrogens (tertiary/aromatic N) is 1. The molecule has 4 nitrogen and oxygen atoms in total. The topological polar surface area (TPSA) is 49.4 Å². The molecule has 1 fully saturated rings. The average molecular weight is 329 g/mol. The van der Waals surface area contributed by atoms with E-state index in [0.717, 1.165) is 5.56 Å². The standard InChI is InChI=1S/C13H14BrFN2O2/c1-13(2)12(19)16-11(18)7-17(13)6-8-3-4-10(15)9(14)5-8/h3-5H,6-7H2,1-2H3,(H,16,18,19). The van der Waals surface area contributed by atoms with Gasteiger partial charge in [-0.2, -0.15) is 0 Å². The zero-order chi connectivity index (χ0) is 14.2. The van der Waals surface area contributed by atoms with Gasteiger partial charge in [-0.1, -0.05) is 6.07 Å². The van der Waals surface area contributed by atoms with Crippen LogP contribution in [-0.2, 0) is 16.1 Å². The fourth-order valence-electron chi connectivity index (χ4n) is 1.95. The molecule has 0 radical (unpaired) electrons. The van der Waals surface area contributed by atoms with Crippen LogP contribution in [0.4, 0.5) is 4.39 Å². The van der Waals surface area contributed by atoms with E-state index in [9.17, 15) is 14.0 Å². The number of hydrogen-bond acceptors (Lipinski definition) is 3. The molecule has 2 rings (SSSR count). The average Bonchev–Trinajstić information content (AvgIpc) is 2.31. The summed E-state index contributed by atoms with van der Waals surface area (Å²) in [6, 6.07) is 4.66. The maximum absolute atomic E-state index is 13.2. The molecule has 0 saturated carbocycles. The van der Waals surface area contributed by atoms with Crippen LogP contribution < -0.4 is 5.32 Å². The molecule has 1 aromatic carbocycles. The summed E-state index contributed by atoms with van der Waals surface area (Å²) in [5, 5.41) is 2.32. The van der Waals surface area contributed by atoms with Gasteiger partial charge in [0.1, 0.15) is 5.82 Å². The summed E-state index contributed by atoms with van der Waals surface area (Å²) in [5.41, 5.74) is 0.0678. The first-order valence-corrected chi connectivity index (χ1v) is 6.63. The van der Waals surface area contributed by atoms with Crippen molar-refractivity contribution in [2.75, 3.05) is 6.54 Å². The molecular weight excluding hydrogens is 315 g/mol. The Morgan fingerprint density at radius 1 is 1.42 bits per heavy atom. The Balaban J connectivity index is 2.23. The van der Waals surface area contributed by atoms with E-state index in [2.05, 4.69) is 21.2 Å². The van der Waals surface area contributed by atoms with Crippen molar-refractivity contribution in [3.8, 4) is 0 Å². The van der Waals surface area contributed by atoms with Gasteiger partial charge >= 0.3 is 0 Å². The number of benzene rings is 1. The lowest BCUT2D eigenvalue weighted by molar-refractivity contribution is -0.145. The number of nitrogens with one attached hydrogen (secondary N) is 1. The van der Waals surface area contributed by atoms with Crippen molar-refractivity contribution in [3.63, 3.8) is 0 Å². The smallest absolute Gasteiger partial charge is 0.246 e. The molecule has 0 aromatic heterocycles. The highest BCUT2D eigenvalue weighted by Crippen LogP contribution is 2.23. The maximum atomic E-state index is 13.2. The van der Waals surface area contributed by atoms with Gasteiger partial charge in [0, 0.05) is 6.54 Å². The van der Waals surface area contributed by atoms with E-state index in [1.54, 1.807) is 30.9 Å². The van der Waals surface area contributed by atoms with E-state index in [-0.39, 0.29) is 24.2 Å². The van der Waals surface area contributed by atoms with Crippen LogP contribution in [0.2, 0.25) is 0 Å². The molecule has 0 spiro atoms. The van der Waals surface area contributed by atoms with Gasteiger partial charge < -0.3 is 0 Å². The predicted molar refractivity (Wildman–Crippen MR) is 71.7 cm³/mol. The number of carbonyl (C=O) groups excluding carboxylic acids is 2. The first-order chi connectivity index (χ1) is 8.80. The van der Waals surface area contributed by atoms with E-state index in [4.69, 9.17) is 0 Å². The van der Waals surface area contributed by atoms with Gasteiger partial charge in [0.2, 0.25) is 11.8 Å². The Morgan fingerprint density at radius 3 is 2.74 bits per heavy atom. The molecule has 1 N–H and O–H groups in total. The first-order valence-electron chi connectivity index (χ1n) is 5.84. The van der Waals surface area contributed by atoms with E-state index >= 15 is 0 Å². The predicted octanol–water partition coefficient (Wildman–Crippen LogP) is 1.83. The van der Waals surface area contributed by atoms with Crippen LogP contribution in [0.5, 0.6) is 0 Å². The van der Waals surface area contributed by atoms with Gasteiger partial charge in [0.25, 0.3) is 0 Å². The van der Waals surface area contributed by atoms with Gasteiger partial charge in [-0.25, -0.2) is 4.39 Å². The lowest BCUT2D eigenvalue weighted by Crippen LogP contribution is -2.63. The Bertz CT molecular complexity index is 545. The number of piperazine rings is 1. The Hall–Kier alpha value is -1.27. The van der Waals surface area contributed by atoms with Gasteiger partial charge in [-0.3, -0.25) is 19.8 Å². The summed E-state index contributed by atoms with van der Waals surface area (Å²) in [6.07, 6.45) is 0. The van der Waals surface area contributed by atoms with Crippen LogP contribution in [0.15, 0.2) is 22.7 Å². The molecule has 0 aliphatic carbocycles. The highest BCUT2D eigenvalue weighted by Gasteiger charge is 2.40. The summed E-state index contributed by atoms with van der Waals surface area (Å²) in [4.78, 5) is 25.0. The van der Waals surface area contributed by atoms with Crippen LogP contribution in [0.25, 0.3) is 0 Å². The lowest BCUT2D eigenvalue weighted by Gasteiger charge is -2.40. The van der Waals surface area contributed by atoms with Crippen molar-refractivity contribution in [2.24, 2.45) is 0 Å². The molecule has 0 bridgehead atoms. The molecule has 6 heteroatoms. The van der Waals surface area contributed by atoms with E-state index in [1.807, 2.05) is 0 Å². The van der Waals surface area contributed by atoms with Gasteiger partial charge in [-0.05, 0) is 47.5 Å². The molecule has 1 aliphatic heterocycles. The largest absolute Gasteiger partial charge is 0.294 e. The van der Waals surface area contributed by atoms with Gasteiger partial charge in [0.05, 0.1) is 16.6 Å². The highest BCUT2D eigenvalue weighted by atomic mass is 79.9. The summed E-state index contributed by atoms with van der Waals surface area (Å²) in [5.74, 6) is -0.967. The highest BCUT2D eigenvalue weighted by molar-refractivity contribution is 9.10. The molecule has 102 valence electrons. The fraction of sp³-hybridized carbons (Fsp3) is 0.385. The van der Waals surface area contributed by atoms with Crippen LogP contribution in [0.3, 0.4) is 0 Å². The quantitative estimate of drug-likeness (QED) is 0.842. The van der Waals surface area contributed by atoms with Crippen molar-refractivity contribution in [2.45, 2.75) is 25.9 Å². The molecular formula is C13H14BrFN2O2. The summed E-state index contributed by atoms with van der Waals surface area (Å²) in [7, 11) is 0. The number of rotatable bonds is 2. The molecule has 1 heterocycles. The van der Waals surface area contributed by atoms with Crippen molar-refractivity contribution in [1.29, 1.82) is 0 Å². The van der Waals surface area contributed by atoms with Crippen LogP contribution in [0, 0.1) is 5.82 Å². The number of imide groups is 1. The van der Waals surface area contributed by atoms with Gasteiger partial charge in [-0.15, -0.1) is 0 Å². The Kier molecular flexibility index (Phi) is 3.73. The SMILES string of the molecule is CC1(C)C(=O)NC(=O)CN1Cc1ccc(F)c(Br)c1. The van der Waals surface area contributed by atoms with Crippen LogP contribution in [-0.4, -0.2) is 28.8 Å². The van der Waals surface area contributed by atoms with Crippen molar-refractivity contribution < 1.29 is 14.0 Å². The molecule has 2 amide bonds. The number of carbonyl (C=O) groups is 2. The molecule has 19 heavy (non-hydrogen) atoms. The molecule has 1 saturated heterocycles. The van der Waals surface area contributed by atoms with Crippen molar-refractivity contribution in [1.82, 2.24) is 10.2 Å². The summed E-state index contributed by atoms with van der Waals surface area (Å²) < 4.78 is 13.5. The normalized spacial score (nSPS) is 19.4. The van der Waals surface area contributed by atoms with E-state index in [0.29, 0.717) is 11.0 Å². The Labute approximate surface area is 119 Å². The monoisotopic (exact) mass is 328 g/mol. The molecule has 0 atom stereocenters. The first kappa shape index (κ1) is 14.1. The lowest BCUT2D eigenvalue weighted by atomic mass is 9.98. The zero-order valence-electron chi connectivity index (χ0n) is 10.7. The second-order valence-corrected chi connectivity index (χ2v) is 5.90. The molecule has 1 aromatic rings. The second-order valence-electron chi connectivity index (χ2n) is 5.04. The Morgan fingerprint density at radius 2 is 2.11 bits per heavy atom. The van der Waals surface area contributed by atoms with Crippen molar-refractivity contribution >= 4 is 27.7 Å². The molecule has 0 unspecified atom stereocenters. The third-order valence-corrected chi connectivity index (χ3v) is 3.90. The third kappa shape index (κ3) is 2.84. The third-order valence-electron chi connectivity index (χ3n) is 3.29. The van der Waals surface area contributed by atoms with Crippen LogP contribution in [0.1, 0.15) is 19.4 Å². The minimum Gasteiger partial charge on any atom is -0.294 e. The minimum atomic E-state index is -0.769. The van der Waals surface area contributed by atoms with Gasteiger partial charge in [0.15, 0.2) is 0 Å². The van der Waals surface area contributed by atoms with E-state index < -0.39 is 5.54 Å². The summed E-state index contributed by atoms with van der Waals surface area (Å²) >= 11 is 3.12. The number of amides is 2. The minimum absolute atomic E-state index is 0.147.